The average molecular weight is 628 g/mol. The minimum absolute atomic E-state index is 0. The summed E-state index contributed by atoms with van der Waals surface area (Å²) < 4.78 is 0. The molecule has 0 spiro atoms. The van der Waals surface area contributed by atoms with Gasteiger partial charge in [0.05, 0.1) is 0 Å². The Hall–Kier alpha value is 1.21. The van der Waals surface area contributed by atoms with E-state index in [-0.39, 0.29) is 63.2 Å². The quantitative estimate of drug-likeness (QED) is 0.382. The third-order valence-electron chi connectivity index (χ3n) is 0.425. The zero-order valence-electron chi connectivity index (χ0n) is 4.33. The first kappa shape index (κ1) is 16.7. The Bertz CT molecular complexity index is 84.1. The normalized spacial score (nSPS) is 5.33. The zero-order valence-corrected chi connectivity index (χ0v) is 13.1. The molecule has 4 heteroatoms. The van der Waals surface area contributed by atoms with E-state index in [1.807, 2.05) is 0 Å². The van der Waals surface area contributed by atoms with Gasteiger partial charge in [0.1, 0.15) is 0 Å². The Kier molecular flexibility index (Phi) is 22.1. The Morgan fingerprint density at radius 3 is 1.44 bits per heavy atom. The molecule has 48 valence electrons. The summed E-state index contributed by atoms with van der Waals surface area (Å²) in [5.74, 6) is 0. The van der Waals surface area contributed by atoms with E-state index in [0.717, 1.165) is 0 Å². The molecular weight excluding hydrogens is 626 g/mol. The van der Waals surface area contributed by atoms with Crippen LogP contribution < -0.4 is 0 Å². The maximum Gasteiger partial charge on any atom is 0 e. The van der Waals surface area contributed by atoms with Crippen LogP contribution in [-0.4, -0.2) is 4.98 Å². The number of hydrogen-bond donors (Lipinski definition) is 0. The number of nitrogens with zero attached hydrogens (tertiary/aromatic N) is 1. The molecule has 0 aliphatic carbocycles. The largest absolute Gasteiger partial charge is 0.681 e. The summed E-state index contributed by atoms with van der Waals surface area (Å²) in [5, 5.41) is 0. The van der Waals surface area contributed by atoms with Crippen LogP contribution in [0, 0.1) is 18.5 Å². The monoisotopic (exact) mass is 628 g/mol. The van der Waals surface area contributed by atoms with Crippen LogP contribution in [0.5, 0.6) is 0 Å². The van der Waals surface area contributed by atoms with Gasteiger partial charge in [0.15, 0.2) is 0 Å². The molecule has 0 fully saturated rings. The van der Waals surface area contributed by atoms with Crippen LogP contribution in [0.4, 0.5) is 0 Å². The molecule has 9 heavy (non-hydrogen) atoms. The van der Waals surface area contributed by atoms with Crippen molar-refractivity contribution in [2.75, 3.05) is 0 Å². The number of hydrogen-bond acceptors (Lipinski definition) is 1. The second kappa shape index (κ2) is 11.9. The van der Waals surface area contributed by atoms with E-state index in [0.29, 0.717) is 0 Å². The first-order valence-corrected chi connectivity index (χ1v) is 1.60. The SMILES string of the molecule is [W].[W].[W].[c-]1c[c-]n[c-]c1. The molecule has 0 bridgehead atoms. The van der Waals surface area contributed by atoms with Crippen molar-refractivity contribution in [3.63, 3.8) is 0 Å². The van der Waals surface area contributed by atoms with Crippen molar-refractivity contribution < 1.29 is 63.2 Å². The average Bonchev–Trinajstić information content (AvgIpc) is 1.72. The number of rotatable bonds is 0. The molecule has 0 aliphatic heterocycles. The molecule has 1 nitrogen and oxygen atoms in total. The predicted molar refractivity (Wildman–Crippen MR) is 20.7 cm³/mol. The van der Waals surface area contributed by atoms with E-state index in [1.54, 1.807) is 12.1 Å². The summed E-state index contributed by atoms with van der Waals surface area (Å²) in [6.45, 7) is 0. The fraction of sp³-hybridized carbons (Fsp3) is 0. The number of aromatic nitrogens is 1. The van der Waals surface area contributed by atoms with Crippen LogP contribution in [0.1, 0.15) is 0 Å². The molecule has 0 atom stereocenters. The summed E-state index contributed by atoms with van der Waals surface area (Å²) in [6, 6.07) is 5.93. The summed E-state index contributed by atoms with van der Waals surface area (Å²) in [6.07, 6.45) is 5.06. The second-order valence-electron chi connectivity index (χ2n) is 0.825. The van der Waals surface area contributed by atoms with Crippen LogP contribution in [0.15, 0.2) is 12.1 Å². The molecule has 0 N–H and O–H groups in total. The van der Waals surface area contributed by atoms with E-state index < -0.39 is 0 Å². The standard InChI is InChI=1S/C5H2N.3W/c1-2-4-6-5-3-1;;;/h2-3H;;;/q-3;;;. The maximum absolute atomic E-state index is 3.50. The molecule has 0 aromatic carbocycles. The Morgan fingerprint density at radius 1 is 0.889 bits per heavy atom. The van der Waals surface area contributed by atoms with Gasteiger partial charge in [0.25, 0.3) is 0 Å². The molecule has 1 rings (SSSR count). The first-order chi connectivity index (χ1) is 3.00. The second-order valence-corrected chi connectivity index (χ2v) is 0.825. The fourth-order valence-corrected chi connectivity index (χ4v) is 0.218. The van der Waals surface area contributed by atoms with Gasteiger partial charge in [0, 0.05) is 63.2 Å². The molecule has 1 aromatic heterocycles. The van der Waals surface area contributed by atoms with Crippen molar-refractivity contribution in [2.45, 2.75) is 0 Å². The van der Waals surface area contributed by atoms with Gasteiger partial charge in [-0.05, 0) is 0 Å². The minimum atomic E-state index is 0. The first-order valence-electron chi connectivity index (χ1n) is 1.60. The van der Waals surface area contributed by atoms with Crippen LogP contribution >= 0.6 is 0 Å². The van der Waals surface area contributed by atoms with Crippen molar-refractivity contribution >= 4 is 0 Å². The van der Waals surface area contributed by atoms with Crippen LogP contribution in [-0.2, 0) is 63.2 Å². The van der Waals surface area contributed by atoms with Crippen LogP contribution in [0.3, 0.4) is 0 Å². The van der Waals surface area contributed by atoms with Crippen molar-refractivity contribution in [3.05, 3.63) is 30.6 Å². The summed E-state index contributed by atoms with van der Waals surface area (Å²) >= 11 is 0. The molecule has 1 aromatic rings. The number of pyridine rings is 1. The van der Waals surface area contributed by atoms with E-state index in [9.17, 15) is 0 Å². The Labute approximate surface area is 97.8 Å². The summed E-state index contributed by atoms with van der Waals surface area (Å²) in [5.41, 5.74) is 0. The molecule has 1 heterocycles. The van der Waals surface area contributed by atoms with Crippen molar-refractivity contribution in [2.24, 2.45) is 0 Å². The van der Waals surface area contributed by atoms with Gasteiger partial charge < -0.3 is 35.6 Å². The van der Waals surface area contributed by atoms with Gasteiger partial charge in [-0.2, -0.15) is 0 Å². The van der Waals surface area contributed by atoms with Gasteiger partial charge in [-0.25, -0.2) is 0 Å². The van der Waals surface area contributed by atoms with Gasteiger partial charge in [0.2, 0.25) is 0 Å². The molecule has 0 saturated carbocycles. The maximum atomic E-state index is 3.50. The molecule has 0 unspecified atom stereocenters. The van der Waals surface area contributed by atoms with Crippen LogP contribution in [0.2, 0.25) is 0 Å². The molecule has 0 aliphatic rings. The molecular formula is C5H2NW3-3. The molecule has 0 radical (unpaired) electrons. The van der Waals surface area contributed by atoms with Gasteiger partial charge >= 0.3 is 0 Å². The van der Waals surface area contributed by atoms with Crippen molar-refractivity contribution in [1.82, 2.24) is 4.98 Å². The Balaban J connectivity index is -0.000000120. The van der Waals surface area contributed by atoms with E-state index in [4.69, 9.17) is 0 Å². The van der Waals surface area contributed by atoms with Gasteiger partial charge in [-0.3, -0.25) is 0 Å². The predicted octanol–water partition coefficient (Wildman–Crippen LogP) is 0.475. The topological polar surface area (TPSA) is 12.9 Å². The zero-order chi connectivity index (χ0) is 4.24. The van der Waals surface area contributed by atoms with E-state index in [1.165, 1.54) is 0 Å². The third kappa shape index (κ3) is 9.21. The third-order valence-corrected chi connectivity index (χ3v) is 0.425. The van der Waals surface area contributed by atoms with Gasteiger partial charge in [-0.1, -0.05) is 0 Å². The summed E-state index contributed by atoms with van der Waals surface area (Å²) in [4.78, 5) is 3.50. The van der Waals surface area contributed by atoms with Crippen LogP contribution in [0.25, 0.3) is 0 Å². The molecule has 0 saturated heterocycles. The fourth-order valence-electron chi connectivity index (χ4n) is 0.218. The Morgan fingerprint density at radius 2 is 1.33 bits per heavy atom. The van der Waals surface area contributed by atoms with E-state index >= 15 is 0 Å². The minimum Gasteiger partial charge on any atom is -0.681 e. The smallest absolute Gasteiger partial charge is 0 e. The van der Waals surface area contributed by atoms with Gasteiger partial charge in [-0.15, -0.1) is 0 Å². The summed E-state index contributed by atoms with van der Waals surface area (Å²) in [7, 11) is 0. The van der Waals surface area contributed by atoms with E-state index in [2.05, 4.69) is 23.4 Å². The van der Waals surface area contributed by atoms with Crippen molar-refractivity contribution in [1.29, 1.82) is 0 Å². The van der Waals surface area contributed by atoms with Crippen molar-refractivity contribution in [3.8, 4) is 0 Å². The molecule has 0 amide bonds.